The van der Waals surface area contributed by atoms with Crippen molar-refractivity contribution in [2.45, 2.75) is 24.7 Å². The van der Waals surface area contributed by atoms with Crippen LogP contribution >= 0.6 is 0 Å². The van der Waals surface area contributed by atoms with Crippen LogP contribution in [0.15, 0.2) is 42.5 Å². The van der Waals surface area contributed by atoms with E-state index in [1.807, 2.05) is 18.2 Å². The Bertz CT molecular complexity index is 418. The van der Waals surface area contributed by atoms with Crippen LogP contribution in [0.4, 0.5) is 0 Å². The number of fused-ring (bicyclic) bond motifs is 2. The summed E-state index contributed by atoms with van der Waals surface area (Å²) in [6, 6.07) is 10.2. The molecule has 1 saturated carbocycles. The summed E-state index contributed by atoms with van der Waals surface area (Å²) in [6.45, 7) is 0. The van der Waals surface area contributed by atoms with E-state index >= 15 is 0 Å². The van der Waals surface area contributed by atoms with Gasteiger partial charge in [0, 0.05) is 6.42 Å². The lowest BCUT2D eigenvalue weighted by Crippen LogP contribution is -2.29. The summed E-state index contributed by atoms with van der Waals surface area (Å²) >= 11 is 0. The van der Waals surface area contributed by atoms with E-state index in [0.717, 1.165) is 19.3 Å². The van der Waals surface area contributed by atoms with Crippen LogP contribution in [0, 0.1) is 5.92 Å². The summed E-state index contributed by atoms with van der Waals surface area (Å²) in [5, 5.41) is 0. The van der Waals surface area contributed by atoms with Gasteiger partial charge in [0.05, 0.1) is 5.41 Å². The molecule has 1 nitrogen and oxygen atoms in total. The van der Waals surface area contributed by atoms with Crippen molar-refractivity contribution in [1.82, 2.24) is 0 Å². The molecular weight excluding hydrogens is 184 g/mol. The minimum atomic E-state index is -0.274. The van der Waals surface area contributed by atoms with E-state index in [-0.39, 0.29) is 5.41 Å². The van der Waals surface area contributed by atoms with Gasteiger partial charge in [-0.1, -0.05) is 42.5 Å². The van der Waals surface area contributed by atoms with Crippen molar-refractivity contribution in [3.63, 3.8) is 0 Å². The van der Waals surface area contributed by atoms with Gasteiger partial charge in [-0.25, -0.2) is 0 Å². The highest BCUT2D eigenvalue weighted by atomic mass is 16.1. The largest absolute Gasteiger partial charge is 0.298 e. The van der Waals surface area contributed by atoms with Crippen LogP contribution in [0.1, 0.15) is 24.8 Å². The number of ketones is 1. The SMILES string of the molecule is O=C1CC2CC=CC1(c1ccccc1)C2. The molecule has 2 aliphatic rings. The first-order chi connectivity index (χ1) is 7.31. The fourth-order valence-corrected chi connectivity index (χ4v) is 2.99. The molecule has 1 fully saturated rings. The summed E-state index contributed by atoms with van der Waals surface area (Å²) in [5.41, 5.74) is 0.901. The summed E-state index contributed by atoms with van der Waals surface area (Å²) < 4.78 is 0. The molecule has 3 rings (SSSR count). The zero-order valence-corrected chi connectivity index (χ0v) is 8.65. The Kier molecular flexibility index (Phi) is 1.82. The van der Waals surface area contributed by atoms with Crippen molar-refractivity contribution in [2.75, 3.05) is 0 Å². The molecule has 2 atom stereocenters. The summed E-state index contributed by atoms with van der Waals surface area (Å²) in [5.74, 6) is 0.996. The van der Waals surface area contributed by atoms with Crippen LogP contribution in [0.3, 0.4) is 0 Å². The van der Waals surface area contributed by atoms with Crippen molar-refractivity contribution in [1.29, 1.82) is 0 Å². The van der Waals surface area contributed by atoms with Crippen molar-refractivity contribution in [2.24, 2.45) is 5.92 Å². The third-order valence-electron chi connectivity index (χ3n) is 3.74. The van der Waals surface area contributed by atoms with Gasteiger partial charge in [-0.2, -0.15) is 0 Å². The molecule has 0 saturated heterocycles. The Labute approximate surface area is 89.8 Å². The molecule has 0 amide bonds. The van der Waals surface area contributed by atoms with Crippen LogP contribution in [0.25, 0.3) is 0 Å². The van der Waals surface area contributed by atoms with Crippen molar-refractivity contribution in [3.05, 3.63) is 48.0 Å². The highest BCUT2D eigenvalue weighted by Gasteiger charge is 2.47. The van der Waals surface area contributed by atoms with E-state index in [4.69, 9.17) is 0 Å². The normalized spacial score (nSPS) is 33.3. The predicted octanol–water partition coefficient (Wildman–Crippen LogP) is 2.86. The molecule has 0 heterocycles. The molecule has 15 heavy (non-hydrogen) atoms. The number of carbonyl (C=O) groups is 1. The van der Waals surface area contributed by atoms with Crippen molar-refractivity contribution < 1.29 is 4.79 Å². The van der Waals surface area contributed by atoms with Crippen molar-refractivity contribution >= 4 is 5.78 Å². The van der Waals surface area contributed by atoms with Crippen LogP contribution in [0.5, 0.6) is 0 Å². The molecule has 0 spiro atoms. The van der Waals surface area contributed by atoms with Crippen LogP contribution in [-0.4, -0.2) is 5.78 Å². The first kappa shape index (κ1) is 8.90. The lowest BCUT2D eigenvalue weighted by molar-refractivity contribution is -0.120. The van der Waals surface area contributed by atoms with Gasteiger partial charge in [0.1, 0.15) is 5.78 Å². The molecule has 2 bridgehead atoms. The number of allylic oxidation sites excluding steroid dienone is 2. The summed E-state index contributed by atoms with van der Waals surface area (Å²) in [7, 11) is 0. The first-order valence-electron chi connectivity index (χ1n) is 5.58. The van der Waals surface area contributed by atoms with E-state index in [2.05, 4.69) is 24.3 Å². The second-order valence-corrected chi connectivity index (χ2v) is 4.67. The highest BCUT2D eigenvalue weighted by molar-refractivity contribution is 5.95. The quantitative estimate of drug-likeness (QED) is 0.634. The molecule has 2 unspecified atom stereocenters. The average Bonchev–Trinajstić information content (AvgIpc) is 2.52. The maximum absolute atomic E-state index is 12.1. The van der Waals surface area contributed by atoms with Gasteiger partial charge < -0.3 is 0 Å². The number of hydrogen-bond acceptors (Lipinski definition) is 1. The molecule has 0 aromatic heterocycles. The molecule has 1 heteroatoms. The van der Waals surface area contributed by atoms with E-state index in [1.165, 1.54) is 5.56 Å². The maximum atomic E-state index is 12.1. The predicted molar refractivity (Wildman–Crippen MR) is 59.6 cm³/mol. The Balaban J connectivity index is 2.13. The van der Waals surface area contributed by atoms with Gasteiger partial charge in [-0.3, -0.25) is 4.79 Å². The topological polar surface area (TPSA) is 17.1 Å². The fraction of sp³-hybridized carbons (Fsp3) is 0.357. The summed E-state index contributed by atoms with van der Waals surface area (Å²) in [4.78, 5) is 12.1. The smallest absolute Gasteiger partial charge is 0.147 e. The molecular formula is C14H14O. The Hall–Kier alpha value is -1.37. The van der Waals surface area contributed by atoms with Gasteiger partial charge >= 0.3 is 0 Å². The Morgan fingerprint density at radius 2 is 2.00 bits per heavy atom. The number of carbonyl (C=O) groups excluding carboxylic acids is 1. The molecule has 0 N–H and O–H groups in total. The van der Waals surface area contributed by atoms with Gasteiger partial charge in [-0.15, -0.1) is 0 Å². The van der Waals surface area contributed by atoms with Gasteiger partial charge in [0.15, 0.2) is 0 Å². The minimum absolute atomic E-state index is 0.274. The molecule has 1 aromatic rings. The van der Waals surface area contributed by atoms with E-state index < -0.39 is 0 Å². The number of Topliss-reactive ketones (excluding diaryl/α,β-unsaturated/α-hetero) is 1. The highest BCUT2D eigenvalue weighted by Crippen LogP contribution is 2.46. The standard InChI is InChI=1S/C14H14O/c15-13-9-11-5-4-8-14(13,10-11)12-6-2-1-3-7-12/h1-4,6-8,11H,5,9-10H2. The zero-order chi connectivity index (χ0) is 10.3. The maximum Gasteiger partial charge on any atom is 0.147 e. The molecule has 0 radical (unpaired) electrons. The molecule has 0 aliphatic heterocycles. The zero-order valence-electron chi connectivity index (χ0n) is 8.65. The first-order valence-corrected chi connectivity index (χ1v) is 5.58. The van der Waals surface area contributed by atoms with Crippen LogP contribution in [0.2, 0.25) is 0 Å². The lowest BCUT2D eigenvalue weighted by Gasteiger charge is -2.27. The third kappa shape index (κ3) is 1.19. The van der Waals surface area contributed by atoms with E-state index in [0.29, 0.717) is 11.7 Å². The van der Waals surface area contributed by atoms with Gasteiger partial charge in [-0.05, 0) is 24.3 Å². The molecule has 2 aliphatic carbocycles. The Morgan fingerprint density at radius 1 is 1.20 bits per heavy atom. The van der Waals surface area contributed by atoms with Gasteiger partial charge in [0.2, 0.25) is 0 Å². The van der Waals surface area contributed by atoms with Crippen molar-refractivity contribution in [3.8, 4) is 0 Å². The lowest BCUT2D eigenvalue weighted by atomic mass is 9.75. The average molecular weight is 198 g/mol. The van der Waals surface area contributed by atoms with Crippen LogP contribution < -0.4 is 0 Å². The van der Waals surface area contributed by atoms with E-state index in [1.54, 1.807) is 0 Å². The second-order valence-electron chi connectivity index (χ2n) is 4.67. The third-order valence-corrected chi connectivity index (χ3v) is 3.74. The molecule has 76 valence electrons. The fourth-order valence-electron chi connectivity index (χ4n) is 2.99. The Morgan fingerprint density at radius 3 is 2.80 bits per heavy atom. The van der Waals surface area contributed by atoms with Crippen LogP contribution in [-0.2, 0) is 10.2 Å². The number of hydrogen-bond donors (Lipinski definition) is 0. The summed E-state index contributed by atoms with van der Waals surface area (Å²) in [6.07, 6.45) is 7.19. The molecule has 1 aromatic carbocycles. The van der Waals surface area contributed by atoms with Gasteiger partial charge in [0.25, 0.3) is 0 Å². The minimum Gasteiger partial charge on any atom is -0.298 e. The number of rotatable bonds is 1. The second kappa shape index (κ2) is 3.06. The van der Waals surface area contributed by atoms with E-state index in [9.17, 15) is 4.79 Å². The monoisotopic (exact) mass is 198 g/mol. The number of benzene rings is 1.